The Hall–Kier alpha value is -3.15. The number of ether oxygens (including phenoxy) is 1. The van der Waals surface area contributed by atoms with Crippen LogP contribution in [0.5, 0.6) is 0 Å². The van der Waals surface area contributed by atoms with E-state index < -0.39 is 5.97 Å². The number of rotatable bonds is 7. The van der Waals surface area contributed by atoms with Crippen molar-refractivity contribution in [1.82, 2.24) is 0 Å². The van der Waals surface area contributed by atoms with E-state index in [-0.39, 0.29) is 31.4 Å². The molecule has 0 aliphatic heterocycles. The summed E-state index contributed by atoms with van der Waals surface area (Å²) in [4.78, 5) is 37.9. The lowest BCUT2D eigenvalue weighted by molar-refractivity contribution is -0.117. The number of aryl methyl sites for hydroxylation is 1. The molecule has 1 N–H and O–H groups in total. The summed E-state index contributed by atoms with van der Waals surface area (Å²) in [5.74, 6) is -0.913. The largest absolute Gasteiger partial charge is 0.462 e. The van der Waals surface area contributed by atoms with E-state index in [1.165, 1.54) is 6.92 Å². The van der Waals surface area contributed by atoms with Gasteiger partial charge in [0.05, 0.1) is 17.9 Å². The molecule has 6 nitrogen and oxygen atoms in total. The Bertz CT molecular complexity index is 832. The molecule has 2 aromatic carbocycles. The Morgan fingerprint density at radius 3 is 2.48 bits per heavy atom. The summed E-state index contributed by atoms with van der Waals surface area (Å²) in [5, 5.41) is 2.73. The molecule has 142 valence electrons. The van der Waals surface area contributed by atoms with Crippen LogP contribution >= 0.6 is 0 Å². The van der Waals surface area contributed by atoms with Gasteiger partial charge in [0.1, 0.15) is 0 Å². The molecule has 27 heavy (non-hydrogen) atoms. The first kappa shape index (κ1) is 20.2. The Balaban J connectivity index is 2.05. The minimum atomic E-state index is -0.487. The number of hydrogen-bond donors (Lipinski definition) is 1. The molecule has 0 atom stereocenters. The summed E-state index contributed by atoms with van der Waals surface area (Å²) in [6.45, 7) is 5.63. The van der Waals surface area contributed by atoms with Crippen molar-refractivity contribution in [3.63, 3.8) is 0 Å². The standard InChI is InChI=1S/C21H24N2O4/c1-4-27-21(26)18-10-5-6-11-19(18)22-20(25)12-13-23(16(3)24)17-9-7-8-15(2)14-17/h5-11,14H,4,12-13H2,1-3H3,(H,22,25). The Kier molecular flexibility index (Phi) is 7.11. The third kappa shape index (κ3) is 5.67. The molecule has 6 heteroatoms. The quantitative estimate of drug-likeness (QED) is 0.758. The van der Waals surface area contributed by atoms with Crippen LogP contribution in [0.3, 0.4) is 0 Å². The van der Waals surface area contributed by atoms with Crippen LogP contribution in [0.2, 0.25) is 0 Å². The number of carbonyl (C=O) groups excluding carboxylic acids is 3. The molecule has 0 aliphatic carbocycles. The third-order valence-electron chi connectivity index (χ3n) is 3.95. The lowest BCUT2D eigenvalue weighted by atomic mass is 10.1. The van der Waals surface area contributed by atoms with Crippen LogP contribution in [0.25, 0.3) is 0 Å². The highest BCUT2D eigenvalue weighted by Crippen LogP contribution is 2.18. The number of benzene rings is 2. The number of nitrogens with zero attached hydrogens (tertiary/aromatic N) is 1. The molecule has 0 fully saturated rings. The summed E-state index contributed by atoms with van der Waals surface area (Å²) >= 11 is 0. The van der Waals surface area contributed by atoms with Crippen molar-refractivity contribution in [2.24, 2.45) is 0 Å². The van der Waals surface area contributed by atoms with Crippen molar-refractivity contribution in [3.8, 4) is 0 Å². The molecule has 0 bridgehead atoms. The number of anilines is 2. The van der Waals surface area contributed by atoms with Crippen LogP contribution in [0.15, 0.2) is 48.5 Å². The van der Waals surface area contributed by atoms with Crippen LogP contribution in [0, 0.1) is 6.92 Å². The van der Waals surface area contributed by atoms with Crippen LogP contribution in [-0.2, 0) is 14.3 Å². The summed E-state index contributed by atoms with van der Waals surface area (Å²) < 4.78 is 5.01. The van der Waals surface area contributed by atoms with E-state index in [0.717, 1.165) is 11.3 Å². The normalized spacial score (nSPS) is 10.2. The number of nitrogens with one attached hydrogen (secondary N) is 1. The average molecular weight is 368 g/mol. The molecule has 0 saturated heterocycles. The van der Waals surface area contributed by atoms with Gasteiger partial charge in [-0.25, -0.2) is 4.79 Å². The first-order valence-electron chi connectivity index (χ1n) is 8.83. The number of para-hydroxylation sites is 1. The fourth-order valence-electron chi connectivity index (χ4n) is 2.67. The second-order valence-electron chi connectivity index (χ2n) is 6.07. The van der Waals surface area contributed by atoms with Crippen molar-refractivity contribution < 1.29 is 19.1 Å². The second kappa shape index (κ2) is 9.52. The summed E-state index contributed by atoms with van der Waals surface area (Å²) in [6, 6.07) is 14.2. The van der Waals surface area contributed by atoms with Crippen molar-refractivity contribution in [2.75, 3.05) is 23.4 Å². The van der Waals surface area contributed by atoms with E-state index in [4.69, 9.17) is 4.74 Å². The topological polar surface area (TPSA) is 75.7 Å². The molecular weight excluding hydrogens is 344 g/mol. The predicted molar refractivity (Wildman–Crippen MR) is 105 cm³/mol. The highest BCUT2D eigenvalue weighted by molar-refractivity contribution is 6.01. The molecule has 2 rings (SSSR count). The Morgan fingerprint density at radius 1 is 1.07 bits per heavy atom. The van der Waals surface area contributed by atoms with Crippen LogP contribution in [0.4, 0.5) is 11.4 Å². The van der Waals surface area contributed by atoms with Crippen LogP contribution in [0.1, 0.15) is 36.2 Å². The monoisotopic (exact) mass is 368 g/mol. The predicted octanol–water partition coefficient (Wildman–Crippen LogP) is 3.55. The van der Waals surface area contributed by atoms with Gasteiger partial charge in [0.2, 0.25) is 11.8 Å². The second-order valence-corrected chi connectivity index (χ2v) is 6.07. The smallest absolute Gasteiger partial charge is 0.340 e. The zero-order valence-electron chi connectivity index (χ0n) is 15.8. The van der Waals surface area contributed by atoms with Gasteiger partial charge in [-0.2, -0.15) is 0 Å². The van der Waals surface area contributed by atoms with Gasteiger partial charge in [0.15, 0.2) is 0 Å². The van der Waals surface area contributed by atoms with Crippen molar-refractivity contribution >= 4 is 29.2 Å². The van der Waals surface area contributed by atoms with E-state index in [1.54, 1.807) is 36.1 Å². The molecule has 0 radical (unpaired) electrons. The average Bonchev–Trinajstić information content (AvgIpc) is 2.62. The molecule has 0 aromatic heterocycles. The van der Waals surface area contributed by atoms with Gasteiger partial charge in [-0.15, -0.1) is 0 Å². The van der Waals surface area contributed by atoms with Gasteiger partial charge in [-0.05, 0) is 43.7 Å². The van der Waals surface area contributed by atoms with Gasteiger partial charge < -0.3 is 15.0 Å². The lowest BCUT2D eigenvalue weighted by Gasteiger charge is -2.21. The minimum Gasteiger partial charge on any atom is -0.462 e. The minimum absolute atomic E-state index is 0.102. The van der Waals surface area contributed by atoms with E-state index >= 15 is 0 Å². The molecule has 2 amide bonds. The van der Waals surface area contributed by atoms with Gasteiger partial charge in [0.25, 0.3) is 0 Å². The molecule has 2 aromatic rings. The first-order chi connectivity index (χ1) is 12.9. The van der Waals surface area contributed by atoms with Gasteiger partial charge in [0, 0.05) is 25.6 Å². The third-order valence-corrected chi connectivity index (χ3v) is 3.95. The fourth-order valence-corrected chi connectivity index (χ4v) is 2.67. The van der Waals surface area contributed by atoms with Gasteiger partial charge >= 0.3 is 5.97 Å². The van der Waals surface area contributed by atoms with Crippen LogP contribution < -0.4 is 10.2 Å². The van der Waals surface area contributed by atoms with Crippen LogP contribution in [-0.4, -0.2) is 30.9 Å². The zero-order valence-corrected chi connectivity index (χ0v) is 15.8. The maximum Gasteiger partial charge on any atom is 0.340 e. The Morgan fingerprint density at radius 2 is 1.81 bits per heavy atom. The van der Waals surface area contributed by atoms with E-state index in [1.807, 2.05) is 31.2 Å². The number of hydrogen-bond acceptors (Lipinski definition) is 4. The molecule has 0 saturated carbocycles. The molecule has 0 aliphatic rings. The van der Waals surface area contributed by atoms with E-state index in [9.17, 15) is 14.4 Å². The maximum atomic E-state index is 12.4. The van der Waals surface area contributed by atoms with E-state index in [2.05, 4.69) is 5.32 Å². The van der Waals surface area contributed by atoms with Gasteiger partial charge in [-0.1, -0.05) is 24.3 Å². The molecule has 0 heterocycles. The number of carbonyl (C=O) groups is 3. The molecular formula is C21H24N2O4. The van der Waals surface area contributed by atoms with Crippen molar-refractivity contribution in [3.05, 3.63) is 59.7 Å². The zero-order chi connectivity index (χ0) is 19.8. The summed E-state index contributed by atoms with van der Waals surface area (Å²) in [7, 11) is 0. The summed E-state index contributed by atoms with van der Waals surface area (Å²) in [5.41, 5.74) is 2.48. The number of amides is 2. The molecule has 0 spiro atoms. The highest BCUT2D eigenvalue weighted by atomic mass is 16.5. The number of esters is 1. The van der Waals surface area contributed by atoms with Gasteiger partial charge in [-0.3, -0.25) is 9.59 Å². The SMILES string of the molecule is CCOC(=O)c1ccccc1NC(=O)CCN(C(C)=O)c1cccc(C)c1. The first-order valence-corrected chi connectivity index (χ1v) is 8.83. The van der Waals surface area contributed by atoms with Crippen molar-refractivity contribution in [1.29, 1.82) is 0 Å². The maximum absolute atomic E-state index is 12.4. The van der Waals surface area contributed by atoms with E-state index in [0.29, 0.717) is 11.3 Å². The molecule has 0 unspecified atom stereocenters. The fraction of sp³-hybridized carbons (Fsp3) is 0.286. The summed E-state index contributed by atoms with van der Waals surface area (Å²) in [6.07, 6.45) is 0.102. The van der Waals surface area contributed by atoms with Crippen molar-refractivity contribution in [2.45, 2.75) is 27.2 Å². The Labute approximate surface area is 159 Å². The highest BCUT2D eigenvalue weighted by Gasteiger charge is 2.16. The lowest BCUT2D eigenvalue weighted by Crippen LogP contribution is -2.32.